The Balaban J connectivity index is 3.20. The molecule has 0 fully saturated rings. The fraction of sp³-hybridized carbons (Fsp3) is 0. The minimum Gasteiger partial charge on any atom is -0.505 e. The number of carbonyl (C=O) groups excluding carboxylic acids is 1. The van der Waals surface area contributed by atoms with Crippen LogP contribution in [0.25, 0.3) is 0 Å². The molecular formula is C9H5F2NO2. The van der Waals surface area contributed by atoms with E-state index in [-0.39, 0.29) is 5.56 Å². The Bertz CT molecular complexity index is 446. The zero-order chi connectivity index (χ0) is 10.7. The molecule has 1 aromatic rings. The Morgan fingerprint density at radius 1 is 1.36 bits per heavy atom. The van der Waals surface area contributed by atoms with Crippen molar-refractivity contribution in [2.24, 2.45) is 5.73 Å². The third kappa shape index (κ3) is 1.98. The van der Waals surface area contributed by atoms with Gasteiger partial charge < -0.3 is 10.8 Å². The lowest BCUT2D eigenvalue weighted by Gasteiger charge is -1.97. The van der Waals surface area contributed by atoms with Crippen LogP contribution in [0.3, 0.4) is 0 Å². The number of phenolic OH excluding ortho intramolecular Hbond substituents is 1. The highest BCUT2D eigenvalue weighted by Crippen LogP contribution is 2.20. The number of benzene rings is 1. The van der Waals surface area contributed by atoms with E-state index in [1.54, 1.807) is 0 Å². The van der Waals surface area contributed by atoms with Gasteiger partial charge in [-0.05, 0) is 12.1 Å². The van der Waals surface area contributed by atoms with E-state index in [9.17, 15) is 13.6 Å². The quantitative estimate of drug-likeness (QED) is 0.595. The number of nitrogens with two attached hydrogens (primary N) is 1. The van der Waals surface area contributed by atoms with Crippen LogP contribution in [0.2, 0.25) is 0 Å². The van der Waals surface area contributed by atoms with Crippen molar-refractivity contribution < 1.29 is 18.7 Å². The maximum absolute atomic E-state index is 12.9. The number of amides is 1. The van der Waals surface area contributed by atoms with Gasteiger partial charge in [0.15, 0.2) is 11.6 Å². The number of halogens is 2. The van der Waals surface area contributed by atoms with E-state index < -0.39 is 23.3 Å². The summed E-state index contributed by atoms with van der Waals surface area (Å²) in [5.74, 6) is -0.588. The van der Waals surface area contributed by atoms with E-state index >= 15 is 0 Å². The molecule has 0 atom stereocenters. The summed E-state index contributed by atoms with van der Waals surface area (Å²) in [4.78, 5) is 10.2. The van der Waals surface area contributed by atoms with Crippen molar-refractivity contribution in [2.45, 2.75) is 0 Å². The van der Waals surface area contributed by atoms with Gasteiger partial charge in [0.25, 0.3) is 5.91 Å². The average molecular weight is 197 g/mol. The molecule has 0 aliphatic heterocycles. The van der Waals surface area contributed by atoms with Gasteiger partial charge in [0.1, 0.15) is 0 Å². The highest BCUT2D eigenvalue weighted by molar-refractivity contribution is 5.92. The van der Waals surface area contributed by atoms with Crippen LogP contribution in [-0.2, 0) is 4.79 Å². The topological polar surface area (TPSA) is 63.3 Å². The molecule has 0 bridgehead atoms. The maximum atomic E-state index is 12.9. The first kappa shape index (κ1) is 9.99. The van der Waals surface area contributed by atoms with Gasteiger partial charge in [-0.15, -0.1) is 0 Å². The Hall–Kier alpha value is -2.09. The highest BCUT2D eigenvalue weighted by atomic mass is 19.2. The largest absolute Gasteiger partial charge is 0.505 e. The number of phenols is 1. The predicted octanol–water partition coefficient (Wildman–Crippen LogP) is 0.507. The first-order valence-electron chi connectivity index (χ1n) is 3.51. The van der Waals surface area contributed by atoms with Crippen LogP contribution < -0.4 is 5.73 Å². The standard InChI is InChI=1S/C9H5F2NO2/c10-8-5(2-4-7(12)14)1-3-6(13)9(8)11/h1,3,13H,(H2,12,14). The Kier molecular flexibility index (Phi) is 2.67. The van der Waals surface area contributed by atoms with Gasteiger partial charge in [-0.25, -0.2) is 4.39 Å². The van der Waals surface area contributed by atoms with Crippen LogP contribution in [-0.4, -0.2) is 11.0 Å². The first-order valence-corrected chi connectivity index (χ1v) is 3.51. The van der Waals surface area contributed by atoms with Gasteiger partial charge in [-0.1, -0.05) is 5.92 Å². The SMILES string of the molecule is NC(=O)C#Cc1ccc(O)c(F)c1F. The van der Waals surface area contributed by atoms with E-state index in [1.165, 1.54) is 0 Å². The third-order valence-electron chi connectivity index (χ3n) is 1.38. The van der Waals surface area contributed by atoms with Gasteiger partial charge in [0.05, 0.1) is 5.56 Å². The van der Waals surface area contributed by atoms with Crippen LogP contribution in [0, 0.1) is 23.5 Å². The van der Waals surface area contributed by atoms with Gasteiger partial charge >= 0.3 is 0 Å². The van der Waals surface area contributed by atoms with Crippen molar-refractivity contribution >= 4 is 5.91 Å². The molecule has 0 spiro atoms. The molecule has 0 heterocycles. The Morgan fingerprint density at radius 3 is 2.57 bits per heavy atom. The molecule has 3 nitrogen and oxygen atoms in total. The Labute approximate surface area is 78.2 Å². The summed E-state index contributed by atoms with van der Waals surface area (Å²) in [6.07, 6.45) is 0. The molecule has 0 saturated carbocycles. The van der Waals surface area contributed by atoms with E-state index in [2.05, 4.69) is 5.73 Å². The molecular weight excluding hydrogens is 192 g/mol. The zero-order valence-electron chi connectivity index (χ0n) is 6.84. The lowest BCUT2D eigenvalue weighted by atomic mass is 10.2. The number of rotatable bonds is 0. The summed E-state index contributed by atoms with van der Waals surface area (Å²) in [5, 5.41) is 8.75. The molecule has 0 aromatic heterocycles. The number of carbonyl (C=O) groups is 1. The normalized spacial score (nSPS) is 9.00. The van der Waals surface area contributed by atoms with E-state index in [1.807, 2.05) is 11.8 Å². The predicted molar refractivity (Wildman–Crippen MR) is 44.1 cm³/mol. The molecule has 0 unspecified atom stereocenters. The number of primary amides is 1. The third-order valence-corrected chi connectivity index (χ3v) is 1.38. The second kappa shape index (κ2) is 3.75. The lowest BCUT2D eigenvalue weighted by Crippen LogP contribution is -2.06. The van der Waals surface area contributed by atoms with Crippen molar-refractivity contribution in [3.05, 3.63) is 29.3 Å². The number of hydrogen-bond acceptors (Lipinski definition) is 2. The van der Waals surface area contributed by atoms with E-state index in [0.29, 0.717) is 0 Å². The summed E-state index contributed by atoms with van der Waals surface area (Å²) >= 11 is 0. The summed E-state index contributed by atoms with van der Waals surface area (Å²) in [6, 6.07) is 1.98. The molecule has 1 rings (SSSR count). The summed E-state index contributed by atoms with van der Waals surface area (Å²) in [7, 11) is 0. The minimum absolute atomic E-state index is 0.334. The van der Waals surface area contributed by atoms with Crippen LogP contribution in [0.15, 0.2) is 12.1 Å². The van der Waals surface area contributed by atoms with Gasteiger partial charge in [-0.2, -0.15) is 4.39 Å². The van der Waals surface area contributed by atoms with Gasteiger partial charge in [0.2, 0.25) is 5.82 Å². The van der Waals surface area contributed by atoms with E-state index in [0.717, 1.165) is 12.1 Å². The smallest absolute Gasteiger partial charge is 0.293 e. The minimum atomic E-state index is -1.40. The van der Waals surface area contributed by atoms with Gasteiger partial charge in [-0.3, -0.25) is 4.79 Å². The lowest BCUT2D eigenvalue weighted by molar-refractivity contribution is -0.112. The summed E-state index contributed by atoms with van der Waals surface area (Å²) < 4.78 is 25.6. The molecule has 5 heteroatoms. The molecule has 0 radical (unpaired) electrons. The van der Waals surface area contributed by atoms with Crippen molar-refractivity contribution in [3.8, 4) is 17.6 Å². The van der Waals surface area contributed by atoms with E-state index in [4.69, 9.17) is 5.11 Å². The number of hydrogen-bond donors (Lipinski definition) is 2. The molecule has 1 amide bonds. The molecule has 14 heavy (non-hydrogen) atoms. The average Bonchev–Trinajstić information content (AvgIpc) is 2.13. The fourth-order valence-corrected chi connectivity index (χ4v) is 0.765. The molecule has 3 N–H and O–H groups in total. The molecule has 1 aromatic carbocycles. The van der Waals surface area contributed by atoms with Crippen LogP contribution in [0.5, 0.6) is 5.75 Å². The monoisotopic (exact) mass is 197 g/mol. The Morgan fingerprint density at radius 2 is 2.00 bits per heavy atom. The molecule has 0 aliphatic carbocycles. The van der Waals surface area contributed by atoms with Gasteiger partial charge in [0, 0.05) is 5.92 Å². The second-order valence-corrected chi connectivity index (χ2v) is 2.37. The molecule has 0 saturated heterocycles. The second-order valence-electron chi connectivity index (χ2n) is 2.37. The number of aromatic hydroxyl groups is 1. The summed E-state index contributed by atoms with van der Waals surface area (Å²) in [5.41, 5.74) is 4.35. The summed E-state index contributed by atoms with van der Waals surface area (Å²) in [6.45, 7) is 0. The van der Waals surface area contributed by atoms with Crippen molar-refractivity contribution in [2.75, 3.05) is 0 Å². The van der Waals surface area contributed by atoms with Crippen molar-refractivity contribution in [1.29, 1.82) is 0 Å². The molecule has 0 aliphatic rings. The maximum Gasteiger partial charge on any atom is 0.293 e. The highest BCUT2D eigenvalue weighted by Gasteiger charge is 2.10. The van der Waals surface area contributed by atoms with Crippen molar-refractivity contribution in [1.82, 2.24) is 0 Å². The van der Waals surface area contributed by atoms with Crippen LogP contribution in [0.4, 0.5) is 8.78 Å². The van der Waals surface area contributed by atoms with Crippen molar-refractivity contribution in [3.63, 3.8) is 0 Å². The van der Waals surface area contributed by atoms with Crippen LogP contribution >= 0.6 is 0 Å². The van der Waals surface area contributed by atoms with Crippen LogP contribution in [0.1, 0.15) is 5.56 Å². The first-order chi connectivity index (χ1) is 6.52. The zero-order valence-corrected chi connectivity index (χ0v) is 6.84. The molecule has 72 valence electrons. The fourth-order valence-electron chi connectivity index (χ4n) is 0.765.